The number of anilines is 2. The van der Waals surface area contributed by atoms with Gasteiger partial charge in [0.05, 0.1) is 24.8 Å². The van der Waals surface area contributed by atoms with Crippen LogP contribution in [-0.2, 0) is 4.74 Å². The van der Waals surface area contributed by atoms with Gasteiger partial charge in [-0.1, -0.05) is 11.3 Å². The minimum atomic E-state index is -0.277. The van der Waals surface area contributed by atoms with Gasteiger partial charge in [0.15, 0.2) is 0 Å². The molecule has 25 heavy (non-hydrogen) atoms. The van der Waals surface area contributed by atoms with Crippen LogP contribution in [0.25, 0.3) is 0 Å². The quantitative estimate of drug-likeness (QED) is 0.804. The molecule has 0 radical (unpaired) electrons. The molecule has 1 amide bonds. The van der Waals surface area contributed by atoms with Crippen molar-refractivity contribution in [2.24, 2.45) is 0 Å². The first-order valence-electron chi connectivity index (χ1n) is 7.93. The van der Waals surface area contributed by atoms with E-state index in [9.17, 15) is 4.79 Å². The predicted octanol–water partition coefficient (Wildman–Crippen LogP) is 1.41. The van der Waals surface area contributed by atoms with Gasteiger partial charge in [0.1, 0.15) is 0 Å². The van der Waals surface area contributed by atoms with Crippen LogP contribution in [0.5, 0.6) is 0 Å². The van der Waals surface area contributed by atoms with Crippen LogP contribution in [0.2, 0.25) is 0 Å². The number of morpholine rings is 1. The SMILES string of the molecule is N#Cc1ccc(C(=O)Nc2nnc(NCCN3CCOCC3)s2)cc1. The largest absolute Gasteiger partial charge is 0.379 e. The maximum Gasteiger partial charge on any atom is 0.257 e. The molecule has 0 bridgehead atoms. The molecule has 0 saturated carbocycles. The number of carbonyl (C=O) groups excluding carboxylic acids is 1. The van der Waals surface area contributed by atoms with Gasteiger partial charge in [0.25, 0.3) is 5.91 Å². The zero-order valence-corrected chi connectivity index (χ0v) is 14.4. The molecule has 9 heteroatoms. The number of ether oxygens (including phenoxy) is 1. The highest BCUT2D eigenvalue weighted by molar-refractivity contribution is 7.19. The molecular weight excluding hydrogens is 340 g/mol. The van der Waals surface area contributed by atoms with E-state index in [0.717, 1.165) is 39.4 Å². The van der Waals surface area contributed by atoms with E-state index in [0.29, 0.717) is 21.4 Å². The molecular formula is C16H18N6O2S. The fourth-order valence-electron chi connectivity index (χ4n) is 2.36. The van der Waals surface area contributed by atoms with Crippen molar-refractivity contribution in [2.45, 2.75) is 0 Å². The van der Waals surface area contributed by atoms with Gasteiger partial charge in [0.2, 0.25) is 10.3 Å². The Morgan fingerprint density at radius 3 is 2.68 bits per heavy atom. The summed E-state index contributed by atoms with van der Waals surface area (Å²) in [6, 6.07) is 8.44. The summed E-state index contributed by atoms with van der Waals surface area (Å²) in [5.74, 6) is -0.277. The summed E-state index contributed by atoms with van der Waals surface area (Å²) >= 11 is 1.29. The van der Waals surface area contributed by atoms with Gasteiger partial charge in [-0.15, -0.1) is 10.2 Å². The molecule has 130 valence electrons. The number of nitrogens with zero attached hydrogens (tertiary/aromatic N) is 4. The summed E-state index contributed by atoms with van der Waals surface area (Å²) in [5, 5.41) is 23.8. The van der Waals surface area contributed by atoms with Gasteiger partial charge in [-0.2, -0.15) is 5.26 Å². The van der Waals surface area contributed by atoms with E-state index in [2.05, 4.69) is 25.7 Å². The fraction of sp³-hybridized carbons (Fsp3) is 0.375. The van der Waals surface area contributed by atoms with E-state index >= 15 is 0 Å². The monoisotopic (exact) mass is 358 g/mol. The molecule has 1 aliphatic rings. The second-order valence-corrected chi connectivity index (χ2v) is 6.41. The molecule has 8 nitrogen and oxygen atoms in total. The minimum Gasteiger partial charge on any atom is -0.379 e. The third kappa shape index (κ3) is 4.96. The Morgan fingerprint density at radius 1 is 1.24 bits per heavy atom. The lowest BCUT2D eigenvalue weighted by Gasteiger charge is -2.26. The third-order valence-electron chi connectivity index (χ3n) is 3.73. The predicted molar refractivity (Wildman–Crippen MR) is 94.8 cm³/mol. The number of nitrogens with one attached hydrogen (secondary N) is 2. The Balaban J connectivity index is 1.47. The molecule has 1 aromatic heterocycles. The lowest BCUT2D eigenvalue weighted by Crippen LogP contribution is -2.38. The van der Waals surface area contributed by atoms with Gasteiger partial charge in [-0.3, -0.25) is 15.0 Å². The van der Waals surface area contributed by atoms with Gasteiger partial charge in [-0.25, -0.2) is 0 Å². The molecule has 1 saturated heterocycles. The summed E-state index contributed by atoms with van der Waals surface area (Å²) in [7, 11) is 0. The number of carbonyl (C=O) groups is 1. The standard InChI is InChI=1S/C16H18N6O2S/c17-11-12-1-3-13(4-2-12)14(23)19-16-21-20-15(25-16)18-5-6-22-7-9-24-10-8-22/h1-4H,5-10H2,(H,18,20)(H,19,21,23). The highest BCUT2D eigenvalue weighted by atomic mass is 32.1. The lowest BCUT2D eigenvalue weighted by molar-refractivity contribution is 0.0398. The number of hydrogen-bond donors (Lipinski definition) is 2. The normalized spacial score (nSPS) is 14.7. The van der Waals surface area contributed by atoms with E-state index in [-0.39, 0.29) is 5.91 Å². The molecule has 1 fully saturated rings. The lowest BCUT2D eigenvalue weighted by atomic mass is 10.1. The summed E-state index contributed by atoms with van der Waals surface area (Å²) in [5.41, 5.74) is 0.982. The molecule has 3 rings (SSSR count). The van der Waals surface area contributed by atoms with Gasteiger partial charge in [-0.05, 0) is 24.3 Å². The van der Waals surface area contributed by atoms with Crippen molar-refractivity contribution in [3.05, 3.63) is 35.4 Å². The second kappa shape index (κ2) is 8.53. The third-order valence-corrected chi connectivity index (χ3v) is 4.53. The Hall–Kier alpha value is -2.54. The first kappa shape index (κ1) is 17.3. The highest BCUT2D eigenvalue weighted by Crippen LogP contribution is 2.20. The Labute approximate surface area is 149 Å². The highest BCUT2D eigenvalue weighted by Gasteiger charge is 2.12. The zero-order valence-electron chi connectivity index (χ0n) is 13.6. The average molecular weight is 358 g/mol. The Kier molecular flexibility index (Phi) is 5.90. The van der Waals surface area contributed by atoms with E-state index < -0.39 is 0 Å². The first-order valence-corrected chi connectivity index (χ1v) is 8.75. The van der Waals surface area contributed by atoms with Crippen molar-refractivity contribution in [1.82, 2.24) is 15.1 Å². The Bertz CT molecular complexity index is 749. The van der Waals surface area contributed by atoms with Crippen LogP contribution in [0.1, 0.15) is 15.9 Å². The first-order chi connectivity index (χ1) is 12.2. The topological polar surface area (TPSA) is 103 Å². The summed E-state index contributed by atoms with van der Waals surface area (Å²) in [6.45, 7) is 5.14. The molecule has 2 aromatic rings. The van der Waals surface area contributed by atoms with Gasteiger partial charge < -0.3 is 10.1 Å². The van der Waals surface area contributed by atoms with Gasteiger partial charge in [0, 0.05) is 31.7 Å². The van der Waals surface area contributed by atoms with Crippen molar-refractivity contribution in [2.75, 3.05) is 50.0 Å². The molecule has 0 atom stereocenters. The molecule has 2 heterocycles. The second-order valence-electron chi connectivity index (χ2n) is 5.44. The van der Waals surface area contributed by atoms with Crippen LogP contribution in [0.3, 0.4) is 0 Å². The van der Waals surface area contributed by atoms with Crippen LogP contribution < -0.4 is 10.6 Å². The van der Waals surface area contributed by atoms with Crippen molar-refractivity contribution in [3.8, 4) is 6.07 Å². The molecule has 1 aromatic carbocycles. The van der Waals surface area contributed by atoms with Gasteiger partial charge >= 0.3 is 0 Å². The number of aromatic nitrogens is 2. The van der Waals surface area contributed by atoms with Crippen LogP contribution in [0.15, 0.2) is 24.3 Å². The van der Waals surface area contributed by atoms with Crippen molar-refractivity contribution >= 4 is 27.5 Å². The molecule has 2 N–H and O–H groups in total. The van der Waals surface area contributed by atoms with Crippen LogP contribution in [0, 0.1) is 11.3 Å². The molecule has 0 unspecified atom stereocenters. The minimum absolute atomic E-state index is 0.277. The summed E-state index contributed by atoms with van der Waals surface area (Å²) in [6.07, 6.45) is 0. The van der Waals surface area contributed by atoms with Crippen LogP contribution in [-0.4, -0.2) is 60.4 Å². The maximum atomic E-state index is 12.1. The van der Waals surface area contributed by atoms with Crippen molar-refractivity contribution in [3.63, 3.8) is 0 Å². The fourth-order valence-corrected chi connectivity index (χ4v) is 3.02. The zero-order chi connectivity index (χ0) is 17.5. The maximum absolute atomic E-state index is 12.1. The number of amides is 1. The van der Waals surface area contributed by atoms with E-state index in [1.54, 1.807) is 24.3 Å². The van der Waals surface area contributed by atoms with E-state index in [1.165, 1.54) is 11.3 Å². The molecule has 0 spiro atoms. The van der Waals surface area contributed by atoms with Crippen LogP contribution in [0.4, 0.5) is 10.3 Å². The number of nitriles is 1. The number of benzene rings is 1. The number of hydrogen-bond acceptors (Lipinski definition) is 8. The van der Waals surface area contributed by atoms with E-state index in [1.807, 2.05) is 6.07 Å². The smallest absolute Gasteiger partial charge is 0.257 e. The van der Waals surface area contributed by atoms with Crippen molar-refractivity contribution < 1.29 is 9.53 Å². The summed E-state index contributed by atoms with van der Waals surface area (Å²) in [4.78, 5) is 14.5. The molecule has 0 aliphatic carbocycles. The average Bonchev–Trinajstić information content (AvgIpc) is 3.10. The number of rotatable bonds is 6. The summed E-state index contributed by atoms with van der Waals surface area (Å²) < 4.78 is 5.32. The van der Waals surface area contributed by atoms with Crippen molar-refractivity contribution in [1.29, 1.82) is 5.26 Å². The van der Waals surface area contributed by atoms with Crippen LogP contribution >= 0.6 is 11.3 Å². The Morgan fingerprint density at radius 2 is 1.96 bits per heavy atom. The van der Waals surface area contributed by atoms with E-state index in [4.69, 9.17) is 10.00 Å². The molecule has 1 aliphatic heterocycles.